The van der Waals surface area contributed by atoms with Gasteiger partial charge in [0, 0.05) is 25.8 Å². The number of nitrogens with one attached hydrogen (secondary N) is 1. The Labute approximate surface area is 226 Å². The first kappa shape index (κ1) is 26.1. The Morgan fingerprint density at radius 2 is 1.79 bits per heavy atom. The molecule has 39 heavy (non-hydrogen) atoms. The van der Waals surface area contributed by atoms with Crippen LogP contribution in [0.1, 0.15) is 53.4 Å². The highest BCUT2D eigenvalue weighted by Gasteiger charge is 2.26. The number of hydrogen-bond acceptors (Lipinski definition) is 9. The number of fused-ring (bicyclic) bond motifs is 1. The lowest BCUT2D eigenvalue weighted by atomic mass is 10.1. The van der Waals surface area contributed by atoms with E-state index < -0.39 is 11.5 Å². The van der Waals surface area contributed by atoms with Crippen LogP contribution in [0.3, 0.4) is 0 Å². The van der Waals surface area contributed by atoms with Gasteiger partial charge < -0.3 is 19.8 Å². The highest BCUT2D eigenvalue weighted by Crippen LogP contribution is 2.27. The lowest BCUT2D eigenvalue weighted by Crippen LogP contribution is -2.34. The summed E-state index contributed by atoms with van der Waals surface area (Å²) < 4.78 is 6.34. The van der Waals surface area contributed by atoms with Gasteiger partial charge >= 0.3 is 11.5 Å². The fourth-order valence-electron chi connectivity index (χ4n) is 4.76. The van der Waals surface area contributed by atoms with Crippen LogP contribution in [0.25, 0.3) is 11.0 Å². The molecule has 0 unspecified atom stereocenters. The number of benzene rings is 1. The van der Waals surface area contributed by atoms with Gasteiger partial charge in [-0.05, 0) is 50.3 Å². The fourth-order valence-corrected chi connectivity index (χ4v) is 4.76. The summed E-state index contributed by atoms with van der Waals surface area (Å²) in [6.07, 6.45) is 6.80. The summed E-state index contributed by atoms with van der Waals surface area (Å²) >= 11 is 0. The maximum Gasteiger partial charge on any atom is 0.346 e. The number of hydrogen-bond donors (Lipinski definition) is 1. The summed E-state index contributed by atoms with van der Waals surface area (Å²) in [5.74, 6) is 0.212. The zero-order valence-corrected chi connectivity index (χ0v) is 22.2. The Morgan fingerprint density at radius 3 is 2.51 bits per heavy atom. The van der Waals surface area contributed by atoms with Gasteiger partial charge in [0.2, 0.25) is 0 Å². The topological polar surface area (TPSA) is 111 Å². The summed E-state index contributed by atoms with van der Waals surface area (Å²) in [7, 11) is 0. The average Bonchev–Trinajstić information content (AvgIpc) is 2.97. The summed E-state index contributed by atoms with van der Waals surface area (Å²) in [6, 6.07) is 13.5. The van der Waals surface area contributed by atoms with Gasteiger partial charge in [0.15, 0.2) is 11.2 Å². The van der Waals surface area contributed by atoms with Crippen molar-refractivity contribution in [2.45, 2.75) is 46.3 Å². The van der Waals surface area contributed by atoms with Crippen LogP contribution in [-0.2, 0) is 17.9 Å². The minimum Gasteiger partial charge on any atom is -0.462 e. The van der Waals surface area contributed by atoms with Crippen LogP contribution >= 0.6 is 0 Å². The molecule has 0 saturated carbocycles. The smallest absolute Gasteiger partial charge is 0.346 e. The van der Waals surface area contributed by atoms with E-state index in [1.165, 1.54) is 25.6 Å². The number of piperidine rings is 1. The van der Waals surface area contributed by atoms with Crippen molar-refractivity contribution in [3.05, 3.63) is 87.7 Å². The molecule has 1 fully saturated rings. The van der Waals surface area contributed by atoms with Gasteiger partial charge in [-0.2, -0.15) is 0 Å². The van der Waals surface area contributed by atoms with E-state index >= 15 is 0 Å². The zero-order valence-electron chi connectivity index (χ0n) is 22.2. The van der Waals surface area contributed by atoms with E-state index in [9.17, 15) is 9.59 Å². The molecule has 4 heterocycles. The third-order valence-electron chi connectivity index (χ3n) is 6.75. The van der Waals surface area contributed by atoms with Gasteiger partial charge in [0.25, 0.3) is 0 Å². The molecule has 1 N–H and O–H groups in total. The number of esters is 1. The Hall–Kier alpha value is -4.47. The molecular formula is C29H32N6O4. The molecule has 4 aromatic rings. The normalized spacial score (nSPS) is 13.3. The number of aryl methyl sites for hydroxylation is 1. The molecule has 0 bridgehead atoms. The molecule has 202 valence electrons. The van der Waals surface area contributed by atoms with Crippen LogP contribution in [0.4, 0.5) is 11.5 Å². The number of carbonyl (C=O) groups excluding carboxylic acids is 1. The molecule has 0 amide bonds. The van der Waals surface area contributed by atoms with Crippen molar-refractivity contribution in [2.24, 2.45) is 0 Å². The van der Waals surface area contributed by atoms with Crippen molar-refractivity contribution >= 4 is 28.5 Å². The predicted octanol–water partition coefficient (Wildman–Crippen LogP) is 3.90. The van der Waals surface area contributed by atoms with Crippen LogP contribution in [0.2, 0.25) is 0 Å². The van der Waals surface area contributed by atoms with Crippen LogP contribution in [0.15, 0.2) is 59.8 Å². The van der Waals surface area contributed by atoms with E-state index in [-0.39, 0.29) is 24.4 Å². The van der Waals surface area contributed by atoms with Gasteiger partial charge in [-0.1, -0.05) is 36.4 Å². The second-order valence-corrected chi connectivity index (χ2v) is 9.41. The van der Waals surface area contributed by atoms with Crippen molar-refractivity contribution in [3.8, 4) is 0 Å². The predicted molar refractivity (Wildman–Crippen MR) is 149 cm³/mol. The maximum absolute atomic E-state index is 13.7. The van der Waals surface area contributed by atoms with Crippen LogP contribution < -0.4 is 20.6 Å². The molecule has 0 aliphatic carbocycles. The van der Waals surface area contributed by atoms with E-state index in [4.69, 9.17) is 9.57 Å². The number of ether oxygens (including phenoxy) is 1. The molecule has 1 aromatic carbocycles. The first-order chi connectivity index (χ1) is 19.1. The monoisotopic (exact) mass is 528 g/mol. The molecular weight excluding hydrogens is 496 g/mol. The van der Waals surface area contributed by atoms with E-state index in [2.05, 4.69) is 25.2 Å². The zero-order chi connectivity index (χ0) is 27.2. The standard InChI is InChI=1S/C29H32N6O4/c1-3-38-29(37)25-26(31-17-22-12-13-23(30-16-22)34-14-8-5-9-15-34)24-20(2)32-19-33-27(24)35(28(25)36)39-18-21-10-6-4-7-11-21/h4,6-7,10-13,16,19,31H,3,5,8-9,14-15,17-18H2,1-2H3. The lowest BCUT2D eigenvalue weighted by Gasteiger charge is -2.27. The Kier molecular flexibility index (Phi) is 8.00. The number of anilines is 2. The van der Waals surface area contributed by atoms with Gasteiger partial charge in [-0.3, -0.25) is 4.79 Å². The molecule has 3 aromatic heterocycles. The minimum atomic E-state index is -0.745. The molecule has 1 aliphatic heterocycles. The Balaban J connectivity index is 1.51. The van der Waals surface area contributed by atoms with E-state index in [0.29, 0.717) is 23.3 Å². The maximum atomic E-state index is 13.7. The summed E-state index contributed by atoms with van der Waals surface area (Å²) in [5, 5.41) is 3.80. The van der Waals surface area contributed by atoms with Crippen LogP contribution in [-0.4, -0.2) is 45.3 Å². The van der Waals surface area contributed by atoms with E-state index in [1.807, 2.05) is 48.7 Å². The first-order valence-corrected chi connectivity index (χ1v) is 13.2. The second kappa shape index (κ2) is 11.9. The lowest BCUT2D eigenvalue weighted by molar-refractivity contribution is 0.0513. The molecule has 10 nitrogen and oxygen atoms in total. The summed E-state index contributed by atoms with van der Waals surface area (Å²) in [6.45, 7) is 6.08. The highest BCUT2D eigenvalue weighted by atomic mass is 16.7. The van der Waals surface area contributed by atoms with Gasteiger partial charge in [-0.25, -0.2) is 19.7 Å². The molecule has 1 saturated heterocycles. The van der Waals surface area contributed by atoms with Gasteiger partial charge in [0.1, 0.15) is 18.8 Å². The largest absolute Gasteiger partial charge is 0.462 e. The quantitative estimate of drug-likeness (QED) is 0.323. The molecule has 0 spiro atoms. The third-order valence-corrected chi connectivity index (χ3v) is 6.75. The number of aromatic nitrogens is 4. The third kappa shape index (κ3) is 5.69. The second-order valence-electron chi connectivity index (χ2n) is 9.41. The molecule has 10 heteroatoms. The molecule has 0 atom stereocenters. The SMILES string of the molecule is CCOC(=O)c1c(NCc2ccc(N3CCCCC3)nc2)c2c(C)ncnc2n(OCc2ccccc2)c1=O. The van der Waals surface area contributed by atoms with Crippen LogP contribution in [0.5, 0.6) is 0 Å². The fraction of sp³-hybridized carbons (Fsp3) is 0.345. The van der Waals surface area contributed by atoms with Crippen molar-refractivity contribution < 1.29 is 14.4 Å². The molecule has 0 radical (unpaired) electrons. The number of carbonyl (C=O) groups is 1. The summed E-state index contributed by atoms with van der Waals surface area (Å²) in [4.78, 5) is 48.4. The highest BCUT2D eigenvalue weighted by molar-refractivity contribution is 6.04. The number of nitrogens with zero attached hydrogens (tertiary/aromatic N) is 5. The minimum absolute atomic E-state index is 0.114. The molecule has 1 aliphatic rings. The molecule has 5 rings (SSSR count). The number of rotatable bonds is 9. The van der Waals surface area contributed by atoms with Crippen molar-refractivity contribution in [3.63, 3.8) is 0 Å². The number of pyridine rings is 2. The van der Waals surface area contributed by atoms with E-state index in [1.54, 1.807) is 13.8 Å². The summed E-state index contributed by atoms with van der Waals surface area (Å²) in [5.41, 5.74) is 2.11. The van der Waals surface area contributed by atoms with Crippen molar-refractivity contribution in [1.82, 2.24) is 19.7 Å². The average molecular weight is 529 g/mol. The Bertz CT molecular complexity index is 1500. The van der Waals surface area contributed by atoms with E-state index in [0.717, 1.165) is 34.8 Å². The van der Waals surface area contributed by atoms with Crippen molar-refractivity contribution in [1.29, 1.82) is 0 Å². The first-order valence-electron chi connectivity index (χ1n) is 13.2. The van der Waals surface area contributed by atoms with Gasteiger partial charge in [-0.15, -0.1) is 4.73 Å². The van der Waals surface area contributed by atoms with Gasteiger partial charge in [0.05, 0.1) is 23.4 Å². The Morgan fingerprint density at radius 1 is 1.00 bits per heavy atom. The van der Waals surface area contributed by atoms with Crippen molar-refractivity contribution in [2.75, 3.05) is 29.9 Å². The van der Waals surface area contributed by atoms with Crippen LogP contribution in [0, 0.1) is 6.92 Å².